The molecule has 1 aliphatic heterocycles. The van der Waals surface area contributed by atoms with Crippen LogP contribution in [0.15, 0.2) is 24.3 Å². The summed E-state index contributed by atoms with van der Waals surface area (Å²) in [7, 11) is 0. The normalized spacial score (nSPS) is 14.7. The van der Waals surface area contributed by atoms with Crippen molar-refractivity contribution in [1.82, 2.24) is 0 Å². The van der Waals surface area contributed by atoms with Crippen LogP contribution in [0.2, 0.25) is 0 Å². The summed E-state index contributed by atoms with van der Waals surface area (Å²) in [5, 5.41) is 0. The van der Waals surface area contributed by atoms with Crippen molar-refractivity contribution in [2.75, 3.05) is 19.8 Å². The average molecular weight is 226 g/mol. The van der Waals surface area contributed by atoms with E-state index in [2.05, 4.69) is 13.8 Å². The lowest BCUT2D eigenvalue weighted by atomic mass is 10.1. The zero-order chi connectivity index (χ0) is 11.8. The van der Waals surface area contributed by atoms with Gasteiger partial charge in [-0.15, -0.1) is 0 Å². The first-order valence-electron chi connectivity index (χ1n) is 5.73. The van der Waals surface area contributed by atoms with E-state index in [9.17, 15) is 4.39 Å². The molecular formula is C13H19FO2. The van der Waals surface area contributed by atoms with Crippen molar-refractivity contribution in [3.63, 3.8) is 0 Å². The second-order valence-corrected chi connectivity index (χ2v) is 3.85. The number of para-hydroxylation sites is 1. The molecule has 0 saturated carbocycles. The molecule has 1 aromatic rings. The molecule has 0 aliphatic carbocycles. The standard InChI is InChI=1S/C10H11FO2.C3H8/c11-9-3-1-2-4-10(9)13-7-8-5-12-6-8;1-3-2/h1-4,8H,5-7H2;3H2,1-2H3. The molecule has 0 unspecified atom stereocenters. The maximum absolute atomic E-state index is 13.0. The fourth-order valence-electron chi connectivity index (χ4n) is 1.15. The number of rotatable bonds is 3. The van der Waals surface area contributed by atoms with Gasteiger partial charge in [0.05, 0.1) is 19.8 Å². The Hall–Kier alpha value is -1.09. The van der Waals surface area contributed by atoms with Gasteiger partial charge in [0.1, 0.15) is 0 Å². The van der Waals surface area contributed by atoms with Gasteiger partial charge < -0.3 is 9.47 Å². The van der Waals surface area contributed by atoms with Gasteiger partial charge in [-0.25, -0.2) is 4.39 Å². The molecule has 16 heavy (non-hydrogen) atoms. The Bertz CT molecular complexity index is 298. The van der Waals surface area contributed by atoms with E-state index in [0.717, 1.165) is 13.2 Å². The van der Waals surface area contributed by atoms with Gasteiger partial charge in [-0.3, -0.25) is 0 Å². The number of hydrogen-bond donors (Lipinski definition) is 0. The van der Waals surface area contributed by atoms with Gasteiger partial charge >= 0.3 is 0 Å². The van der Waals surface area contributed by atoms with E-state index in [1.165, 1.54) is 12.5 Å². The van der Waals surface area contributed by atoms with Crippen molar-refractivity contribution in [2.24, 2.45) is 5.92 Å². The van der Waals surface area contributed by atoms with Crippen LogP contribution in [0.3, 0.4) is 0 Å². The zero-order valence-electron chi connectivity index (χ0n) is 9.91. The Morgan fingerprint density at radius 2 is 1.94 bits per heavy atom. The quantitative estimate of drug-likeness (QED) is 0.787. The lowest BCUT2D eigenvalue weighted by Gasteiger charge is -2.25. The Labute approximate surface area is 96.4 Å². The van der Waals surface area contributed by atoms with Gasteiger partial charge in [0, 0.05) is 5.92 Å². The van der Waals surface area contributed by atoms with Crippen LogP contribution in [0.1, 0.15) is 20.3 Å². The highest BCUT2D eigenvalue weighted by Crippen LogP contribution is 2.18. The van der Waals surface area contributed by atoms with E-state index in [1.807, 2.05) is 0 Å². The van der Waals surface area contributed by atoms with Gasteiger partial charge in [-0.2, -0.15) is 0 Å². The Morgan fingerprint density at radius 1 is 1.31 bits per heavy atom. The molecule has 1 heterocycles. The molecule has 3 heteroatoms. The van der Waals surface area contributed by atoms with Gasteiger partial charge in [0.25, 0.3) is 0 Å². The van der Waals surface area contributed by atoms with E-state index in [4.69, 9.17) is 9.47 Å². The lowest BCUT2D eigenvalue weighted by molar-refractivity contribution is -0.0512. The minimum atomic E-state index is -0.303. The van der Waals surface area contributed by atoms with Crippen molar-refractivity contribution in [2.45, 2.75) is 20.3 Å². The van der Waals surface area contributed by atoms with Crippen LogP contribution in [0.25, 0.3) is 0 Å². The highest BCUT2D eigenvalue weighted by molar-refractivity contribution is 5.23. The third-order valence-electron chi connectivity index (χ3n) is 2.02. The fourth-order valence-corrected chi connectivity index (χ4v) is 1.15. The molecule has 0 atom stereocenters. The summed E-state index contributed by atoms with van der Waals surface area (Å²) in [6.07, 6.45) is 1.25. The summed E-state index contributed by atoms with van der Waals surface area (Å²) in [6, 6.07) is 6.44. The maximum atomic E-state index is 13.0. The van der Waals surface area contributed by atoms with E-state index < -0.39 is 0 Å². The van der Waals surface area contributed by atoms with E-state index in [0.29, 0.717) is 18.3 Å². The van der Waals surface area contributed by atoms with Crippen molar-refractivity contribution in [3.8, 4) is 5.75 Å². The predicted molar refractivity (Wildman–Crippen MR) is 62.2 cm³/mol. The topological polar surface area (TPSA) is 18.5 Å². The Kier molecular flexibility index (Phi) is 5.86. The average Bonchev–Trinajstić information content (AvgIpc) is 2.20. The van der Waals surface area contributed by atoms with Crippen LogP contribution in [-0.2, 0) is 4.74 Å². The van der Waals surface area contributed by atoms with Crippen LogP contribution in [0.5, 0.6) is 5.75 Å². The molecule has 1 fully saturated rings. The number of hydrogen-bond acceptors (Lipinski definition) is 2. The van der Waals surface area contributed by atoms with E-state index in [1.54, 1.807) is 18.2 Å². The van der Waals surface area contributed by atoms with Crippen LogP contribution in [-0.4, -0.2) is 19.8 Å². The summed E-state index contributed by atoms with van der Waals surface area (Å²) >= 11 is 0. The van der Waals surface area contributed by atoms with Crippen molar-refractivity contribution >= 4 is 0 Å². The lowest BCUT2D eigenvalue weighted by Crippen LogP contribution is -2.32. The minimum absolute atomic E-state index is 0.303. The van der Waals surface area contributed by atoms with Gasteiger partial charge in [0.2, 0.25) is 0 Å². The molecule has 2 nitrogen and oxygen atoms in total. The van der Waals surface area contributed by atoms with Crippen LogP contribution < -0.4 is 4.74 Å². The summed E-state index contributed by atoms with van der Waals surface area (Å²) in [5.74, 6) is 0.455. The minimum Gasteiger partial charge on any atom is -0.490 e. The summed E-state index contributed by atoms with van der Waals surface area (Å²) < 4.78 is 23.3. The maximum Gasteiger partial charge on any atom is 0.165 e. The fraction of sp³-hybridized carbons (Fsp3) is 0.538. The van der Waals surface area contributed by atoms with Crippen molar-refractivity contribution < 1.29 is 13.9 Å². The van der Waals surface area contributed by atoms with Gasteiger partial charge in [0.15, 0.2) is 11.6 Å². The highest BCUT2D eigenvalue weighted by Gasteiger charge is 2.19. The molecule has 0 N–H and O–H groups in total. The molecule has 1 saturated heterocycles. The number of halogens is 1. The zero-order valence-corrected chi connectivity index (χ0v) is 9.91. The van der Waals surface area contributed by atoms with E-state index >= 15 is 0 Å². The van der Waals surface area contributed by atoms with Crippen LogP contribution in [0, 0.1) is 11.7 Å². The third kappa shape index (κ3) is 4.19. The molecule has 0 bridgehead atoms. The van der Waals surface area contributed by atoms with Crippen molar-refractivity contribution in [1.29, 1.82) is 0 Å². The molecule has 0 aromatic heterocycles. The second-order valence-electron chi connectivity index (χ2n) is 3.85. The number of benzene rings is 1. The summed E-state index contributed by atoms with van der Waals surface area (Å²) in [6.45, 7) is 6.25. The second kappa shape index (κ2) is 7.23. The predicted octanol–water partition coefficient (Wildman–Crippen LogP) is 3.27. The van der Waals surface area contributed by atoms with Crippen LogP contribution in [0.4, 0.5) is 4.39 Å². The van der Waals surface area contributed by atoms with Crippen LogP contribution >= 0.6 is 0 Å². The largest absolute Gasteiger partial charge is 0.490 e. The molecule has 0 amide bonds. The third-order valence-corrected chi connectivity index (χ3v) is 2.02. The first-order chi connectivity index (χ1) is 7.77. The highest BCUT2D eigenvalue weighted by atomic mass is 19.1. The summed E-state index contributed by atoms with van der Waals surface area (Å²) in [5.41, 5.74) is 0. The molecular weight excluding hydrogens is 207 g/mol. The monoisotopic (exact) mass is 226 g/mol. The Morgan fingerprint density at radius 3 is 2.44 bits per heavy atom. The first kappa shape index (κ1) is 13.0. The van der Waals surface area contributed by atoms with Crippen molar-refractivity contribution in [3.05, 3.63) is 30.1 Å². The molecule has 0 radical (unpaired) electrons. The molecule has 1 aliphatic rings. The molecule has 2 rings (SSSR count). The summed E-state index contributed by atoms with van der Waals surface area (Å²) in [4.78, 5) is 0. The Balaban J connectivity index is 0.000000386. The molecule has 1 aromatic carbocycles. The SMILES string of the molecule is CCC.Fc1ccccc1OCC1COC1. The molecule has 90 valence electrons. The first-order valence-corrected chi connectivity index (χ1v) is 5.73. The number of ether oxygens (including phenoxy) is 2. The van der Waals surface area contributed by atoms with Gasteiger partial charge in [-0.1, -0.05) is 32.4 Å². The van der Waals surface area contributed by atoms with E-state index in [-0.39, 0.29) is 5.82 Å². The smallest absolute Gasteiger partial charge is 0.165 e. The van der Waals surface area contributed by atoms with Gasteiger partial charge in [-0.05, 0) is 12.1 Å². The molecule has 0 spiro atoms.